The van der Waals surface area contributed by atoms with Crippen molar-refractivity contribution in [3.05, 3.63) is 0 Å². The van der Waals surface area contributed by atoms with Crippen molar-refractivity contribution in [2.24, 2.45) is 0 Å². The van der Waals surface area contributed by atoms with Crippen molar-refractivity contribution < 1.29 is 19.3 Å². The number of aliphatic hydroxyl groups is 1. The van der Waals surface area contributed by atoms with E-state index in [1.54, 1.807) is 7.11 Å². The van der Waals surface area contributed by atoms with E-state index >= 15 is 0 Å². The lowest BCUT2D eigenvalue weighted by molar-refractivity contribution is 0.0208. The van der Waals surface area contributed by atoms with Gasteiger partial charge in [-0.25, -0.2) is 0 Å². The van der Waals surface area contributed by atoms with E-state index in [0.29, 0.717) is 33.0 Å². The molecule has 0 rings (SSSR count). The monoisotopic (exact) mass is 263 g/mol. The molecule has 0 spiro atoms. The van der Waals surface area contributed by atoms with Crippen LogP contribution in [-0.4, -0.2) is 76.9 Å². The molecule has 18 heavy (non-hydrogen) atoms. The van der Waals surface area contributed by atoms with Gasteiger partial charge >= 0.3 is 0 Å². The lowest BCUT2D eigenvalue weighted by Crippen LogP contribution is -2.25. The topological polar surface area (TPSA) is 51.2 Å². The molecular formula is C13H29NO4. The molecule has 0 aliphatic rings. The summed E-state index contributed by atoms with van der Waals surface area (Å²) in [5, 5.41) is 8.66. The Morgan fingerprint density at radius 3 is 2.17 bits per heavy atom. The molecule has 0 atom stereocenters. The van der Waals surface area contributed by atoms with Crippen LogP contribution in [0.3, 0.4) is 0 Å². The van der Waals surface area contributed by atoms with Gasteiger partial charge in [0.15, 0.2) is 0 Å². The van der Waals surface area contributed by atoms with Gasteiger partial charge in [-0.3, -0.25) is 0 Å². The van der Waals surface area contributed by atoms with Crippen LogP contribution in [0.2, 0.25) is 0 Å². The Morgan fingerprint density at radius 1 is 0.833 bits per heavy atom. The van der Waals surface area contributed by atoms with Gasteiger partial charge in [-0.05, 0) is 32.9 Å². The quantitative estimate of drug-likeness (QED) is 0.469. The summed E-state index contributed by atoms with van der Waals surface area (Å²) in [4.78, 5) is 2.25. The Hall–Kier alpha value is -0.200. The highest BCUT2D eigenvalue weighted by atomic mass is 16.5. The van der Waals surface area contributed by atoms with Crippen molar-refractivity contribution in [2.75, 3.05) is 66.9 Å². The molecule has 0 amide bonds. The van der Waals surface area contributed by atoms with Crippen LogP contribution < -0.4 is 0 Å². The van der Waals surface area contributed by atoms with Crippen LogP contribution >= 0.6 is 0 Å². The van der Waals surface area contributed by atoms with Gasteiger partial charge in [0, 0.05) is 20.3 Å². The van der Waals surface area contributed by atoms with Crippen LogP contribution in [0.25, 0.3) is 0 Å². The average molecular weight is 263 g/mol. The van der Waals surface area contributed by atoms with Gasteiger partial charge in [0.1, 0.15) is 0 Å². The molecule has 0 aromatic carbocycles. The Bertz CT molecular complexity index is 158. The number of rotatable bonds is 14. The highest BCUT2D eigenvalue weighted by Gasteiger charge is 1.98. The molecule has 0 radical (unpaired) electrons. The third-order valence-electron chi connectivity index (χ3n) is 2.62. The number of hydrogen-bond acceptors (Lipinski definition) is 5. The molecule has 0 unspecified atom stereocenters. The predicted molar refractivity (Wildman–Crippen MR) is 71.9 cm³/mol. The summed E-state index contributed by atoms with van der Waals surface area (Å²) in [6, 6.07) is 0. The Balaban J connectivity index is 3.08. The Labute approximate surface area is 111 Å². The van der Waals surface area contributed by atoms with Crippen LogP contribution in [0.5, 0.6) is 0 Å². The van der Waals surface area contributed by atoms with Crippen molar-refractivity contribution in [1.82, 2.24) is 4.90 Å². The SMILES string of the molecule is COCCOCCOCCN(C)CCCCCO. The Morgan fingerprint density at radius 2 is 1.50 bits per heavy atom. The first kappa shape index (κ1) is 17.8. The zero-order valence-electron chi connectivity index (χ0n) is 11.9. The summed E-state index contributed by atoms with van der Waals surface area (Å²) in [7, 11) is 3.76. The summed E-state index contributed by atoms with van der Waals surface area (Å²) in [6.07, 6.45) is 3.13. The molecule has 0 saturated carbocycles. The standard InChI is InChI=1S/C13H29NO4/c1-14(6-4-3-5-8-15)7-9-17-12-13-18-11-10-16-2/h15H,3-13H2,1-2H3. The van der Waals surface area contributed by atoms with Crippen molar-refractivity contribution in [3.8, 4) is 0 Å². The first-order chi connectivity index (χ1) is 8.81. The number of nitrogens with zero attached hydrogens (tertiary/aromatic N) is 1. The van der Waals surface area contributed by atoms with Crippen LogP contribution in [-0.2, 0) is 14.2 Å². The van der Waals surface area contributed by atoms with E-state index in [-0.39, 0.29) is 0 Å². The third kappa shape index (κ3) is 13.9. The number of methoxy groups -OCH3 is 1. The second-order valence-electron chi connectivity index (χ2n) is 4.31. The van der Waals surface area contributed by atoms with Gasteiger partial charge in [0.05, 0.1) is 33.0 Å². The maximum Gasteiger partial charge on any atom is 0.0701 e. The summed E-state index contributed by atoms with van der Waals surface area (Å²) in [6.45, 7) is 5.58. The van der Waals surface area contributed by atoms with E-state index in [9.17, 15) is 0 Å². The van der Waals surface area contributed by atoms with E-state index < -0.39 is 0 Å². The zero-order valence-corrected chi connectivity index (χ0v) is 11.9. The van der Waals surface area contributed by atoms with E-state index in [4.69, 9.17) is 19.3 Å². The normalized spacial score (nSPS) is 11.3. The van der Waals surface area contributed by atoms with Gasteiger partial charge < -0.3 is 24.2 Å². The van der Waals surface area contributed by atoms with Gasteiger partial charge in [0.2, 0.25) is 0 Å². The largest absolute Gasteiger partial charge is 0.396 e. The number of unbranched alkanes of at least 4 members (excludes halogenated alkanes) is 2. The molecule has 0 heterocycles. The fourth-order valence-electron chi connectivity index (χ4n) is 1.47. The minimum absolute atomic E-state index is 0.301. The molecule has 0 saturated heterocycles. The second kappa shape index (κ2) is 14.9. The number of likely N-dealkylation sites (N-methyl/N-ethyl adjacent to an activating group) is 1. The van der Waals surface area contributed by atoms with E-state index in [1.165, 1.54) is 0 Å². The maximum absolute atomic E-state index is 8.66. The third-order valence-corrected chi connectivity index (χ3v) is 2.62. The van der Waals surface area contributed by atoms with Gasteiger partial charge in [-0.15, -0.1) is 0 Å². The molecule has 0 aliphatic carbocycles. The lowest BCUT2D eigenvalue weighted by atomic mass is 10.2. The van der Waals surface area contributed by atoms with E-state index in [0.717, 1.165) is 39.0 Å². The first-order valence-electron chi connectivity index (χ1n) is 6.75. The molecule has 5 nitrogen and oxygen atoms in total. The molecule has 0 fully saturated rings. The first-order valence-corrected chi connectivity index (χ1v) is 6.75. The van der Waals surface area contributed by atoms with Crippen molar-refractivity contribution in [2.45, 2.75) is 19.3 Å². The minimum atomic E-state index is 0.301. The van der Waals surface area contributed by atoms with Crippen molar-refractivity contribution >= 4 is 0 Å². The fraction of sp³-hybridized carbons (Fsp3) is 1.00. The highest BCUT2D eigenvalue weighted by Crippen LogP contribution is 1.96. The van der Waals surface area contributed by atoms with Crippen molar-refractivity contribution in [3.63, 3.8) is 0 Å². The van der Waals surface area contributed by atoms with Crippen LogP contribution in [0.15, 0.2) is 0 Å². The summed E-state index contributed by atoms with van der Waals surface area (Å²) < 4.78 is 15.6. The van der Waals surface area contributed by atoms with Crippen LogP contribution in [0.1, 0.15) is 19.3 Å². The van der Waals surface area contributed by atoms with Crippen LogP contribution in [0.4, 0.5) is 0 Å². The average Bonchev–Trinajstić information content (AvgIpc) is 2.38. The molecule has 1 N–H and O–H groups in total. The molecule has 0 aromatic rings. The van der Waals surface area contributed by atoms with Crippen molar-refractivity contribution in [1.29, 1.82) is 0 Å². The number of ether oxygens (including phenoxy) is 3. The second-order valence-corrected chi connectivity index (χ2v) is 4.31. The molecule has 110 valence electrons. The fourth-order valence-corrected chi connectivity index (χ4v) is 1.47. The van der Waals surface area contributed by atoms with Gasteiger partial charge in [-0.1, -0.05) is 0 Å². The predicted octanol–water partition coefficient (Wildman–Crippen LogP) is 0.760. The van der Waals surface area contributed by atoms with Gasteiger partial charge in [0.25, 0.3) is 0 Å². The zero-order chi connectivity index (χ0) is 13.5. The summed E-state index contributed by atoms with van der Waals surface area (Å²) in [5.41, 5.74) is 0. The summed E-state index contributed by atoms with van der Waals surface area (Å²) in [5.74, 6) is 0. The number of hydrogen-bond donors (Lipinski definition) is 1. The van der Waals surface area contributed by atoms with Gasteiger partial charge in [-0.2, -0.15) is 0 Å². The maximum atomic E-state index is 8.66. The minimum Gasteiger partial charge on any atom is -0.396 e. The molecule has 0 bridgehead atoms. The molecule has 5 heteroatoms. The smallest absolute Gasteiger partial charge is 0.0701 e. The molecule has 0 aliphatic heterocycles. The molecule has 0 aromatic heterocycles. The molecular weight excluding hydrogens is 234 g/mol. The summed E-state index contributed by atoms with van der Waals surface area (Å²) >= 11 is 0. The number of aliphatic hydroxyl groups excluding tert-OH is 1. The highest BCUT2D eigenvalue weighted by molar-refractivity contribution is 4.51. The van der Waals surface area contributed by atoms with E-state index in [2.05, 4.69) is 11.9 Å². The lowest BCUT2D eigenvalue weighted by Gasteiger charge is -2.16. The van der Waals surface area contributed by atoms with E-state index in [1.807, 2.05) is 0 Å². The van der Waals surface area contributed by atoms with Crippen LogP contribution in [0, 0.1) is 0 Å². The Kier molecular flexibility index (Phi) is 14.7.